The maximum atomic E-state index is 13.8. The summed E-state index contributed by atoms with van der Waals surface area (Å²) >= 11 is 0. The number of aryl methyl sites for hydroxylation is 1. The fraction of sp³-hybridized carbons (Fsp3) is 0.444. The van der Waals surface area contributed by atoms with Gasteiger partial charge in [0.1, 0.15) is 36.1 Å². The number of benzene rings is 2. The molecule has 0 aliphatic carbocycles. The molecule has 2 heterocycles. The summed E-state index contributed by atoms with van der Waals surface area (Å²) in [7, 11) is 5.15. The molecule has 4 rings (SSSR count). The summed E-state index contributed by atoms with van der Waals surface area (Å²) in [6.45, 7) is 4.36. The molecular weight excluding hydrogens is 477 g/mol. The highest BCUT2D eigenvalue weighted by atomic mass is 19.1. The normalized spacial score (nSPS) is 15.4. The Kier molecular flexibility index (Phi) is 8.73. The first kappa shape index (κ1) is 26.6. The minimum absolute atomic E-state index is 0.0367. The Morgan fingerprint density at radius 1 is 1.24 bits per heavy atom. The Morgan fingerprint density at radius 3 is 2.84 bits per heavy atom. The lowest BCUT2D eigenvalue weighted by Crippen LogP contribution is -2.44. The summed E-state index contributed by atoms with van der Waals surface area (Å²) in [6.07, 6.45) is 3.26. The molecule has 1 saturated heterocycles. The van der Waals surface area contributed by atoms with E-state index in [1.54, 1.807) is 39.3 Å². The van der Waals surface area contributed by atoms with Crippen LogP contribution in [-0.2, 0) is 9.53 Å². The quantitative estimate of drug-likeness (QED) is 0.416. The number of nitrogens with one attached hydrogen (secondary N) is 1. The minimum Gasteiger partial charge on any atom is -0.497 e. The van der Waals surface area contributed by atoms with Crippen molar-refractivity contribution in [2.45, 2.75) is 25.8 Å². The average Bonchev–Trinajstić information content (AvgIpc) is 3.37. The molecule has 0 bridgehead atoms. The zero-order valence-corrected chi connectivity index (χ0v) is 21.8. The molecule has 1 N–H and O–H groups in total. The Labute approximate surface area is 216 Å². The topological polar surface area (TPSA) is 89.1 Å². The van der Waals surface area contributed by atoms with Crippen molar-refractivity contribution in [2.24, 2.45) is 0 Å². The van der Waals surface area contributed by atoms with Crippen LogP contribution in [-0.4, -0.2) is 85.8 Å². The van der Waals surface area contributed by atoms with Gasteiger partial charge in [0.2, 0.25) is 5.91 Å². The third-order valence-electron chi connectivity index (χ3n) is 6.54. The van der Waals surface area contributed by atoms with Gasteiger partial charge in [0, 0.05) is 38.0 Å². The lowest BCUT2D eigenvalue weighted by Gasteiger charge is -2.27. The number of nitrogens with zero attached hydrogens (tertiary/aromatic N) is 4. The van der Waals surface area contributed by atoms with Crippen molar-refractivity contribution in [1.82, 2.24) is 19.8 Å². The number of methoxy groups -OCH3 is 2. The van der Waals surface area contributed by atoms with E-state index in [1.807, 2.05) is 22.9 Å². The van der Waals surface area contributed by atoms with Crippen LogP contribution in [0.3, 0.4) is 0 Å². The van der Waals surface area contributed by atoms with Gasteiger partial charge in [-0.25, -0.2) is 14.4 Å². The number of rotatable bonds is 11. The first-order valence-corrected chi connectivity index (χ1v) is 12.3. The Hall–Kier alpha value is -3.50. The van der Waals surface area contributed by atoms with Crippen molar-refractivity contribution >= 4 is 28.3 Å². The van der Waals surface area contributed by atoms with Crippen LogP contribution in [0.5, 0.6) is 11.5 Å². The Balaban J connectivity index is 1.55. The van der Waals surface area contributed by atoms with Gasteiger partial charge in [0.05, 0.1) is 37.2 Å². The molecule has 1 aliphatic heterocycles. The van der Waals surface area contributed by atoms with E-state index in [9.17, 15) is 9.18 Å². The number of carbonyl (C=O) groups is 1. The summed E-state index contributed by atoms with van der Waals surface area (Å²) in [4.78, 5) is 25.7. The number of hydrogen-bond acceptors (Lipinski definition) is 8. The van der Waals surface area contributed by atoms with E-state index in [0.717, 1.165) is 12.8 Å². The Morgan fingerprint density at radius 2 is 2.08 bits per heavy atom. The highest BCUT2D eigenvalue weighted by molar-refractivity contribution is 5.96. The average molecular weight is 512 g/mol. The molecule has 0 spiro atoms. The molecule has 10 heteroatoms. The Bertz CT molecular complexity index is 1240. The van der Waals surface area contributed by atoms with Crippen LogP contribution in [0.25, 0.3) is 10.9 Å². The standard InChI is InChI=1S/C27H34FN5O4/c1-18-12-19(7-8-22(18)28)31-27-26-23(29-17-30-27)13-21(36-4)14-24(26)37-16-20-6-5-9-33(20)25(34)15-32(2)10-11-35-3/h7-8,12-14,17,20H,5-6,9-11,15-16H2,1-4H3,(H,29,30,31)/t20-/m0/s1. The molecule has 0 saturated carbocycles. The second-order valence-corrected chi connectivity index (χ2v) is 9.26. The molecule has 1 fully saturated rings. The van der Waals surface area contributed by atoms with Crippen LogP contribution >= 0.6 is 0 Å². The summed E-state index contributed by atoms with van der Waals surface area (Å²) in [5, 5.41) is 3.95. The first-order valence-electron chi connectivity index (χ1n) is 12.3. The molecule has 0 radical (unpaired) electrons. The van der Waals surface area contributed by atoms with Gasteiger partial charge >= 0.3 is 0 Å². The van der Waals surface area contributed by atoms with Crippen LogP contribution in [0.2, 0.25) is 0 Å². The number of halogens is 1. The number of fused-ring (bicyclic) bond motifs is 1. The maximum Gasteiger partial charge on any atom is 0.237 e. The van der Waals surface area contributed by atoms with Crippen LogP contribution in [0.4, 0.5) is 15.9 Å². The molecule has 0 unspecified atom stereocenters. The summed E-state index contributed by atoms with van der Waals surface area (Å²) in [5.74, 6) is 1.49. The summed E-state index contributed by atoms with van der Waals surface area (Å²) in [6, 6.07) is 8.37. The van der Waals surface area contributed by atoms with Crippen molar-refractivity contribution in [1.29, 1.82) is 0 Å². The van der Waals surface area contributed by atoms with Gasteiger partial charge in [-0.1, -0.05) is 0 Å². The first-order chi connectivity index (χ1) is 17.9. The fourth-order valence-electron chi connectivity index (χ4n) is 4.49. The van der Waals surface area contributed by atoms with Gasteiger partial charge in [0.15, 0.2) is 0 Å². The van der Waals surface area contributed by atoms with E-state index in [1.165, 1.54) is 12.4 Å². The van der Waals surface area contributed by atoms with E-state index in [2.05, 4.69) is 15.3 Å². The van der Waals surface area contributed by atoms with Crippen molar-refractivity contribution in [3.05, 3.63) is 48.0 Å². The predicted molar refractivity (Wildman–Crippen MR) is 140 cm³/mol. The molecule has 9 nitrogen and oxygen atoms in total. The van der Waals surface area contributed by atoms with Crippen molar-refractivity contribution < 1.29 is 23.4 Å². The zero-order chi connectivity index (χ0) is 26.4. The molecule has 1 aliphatic rings. The maximum absolute atomic E-state index is 13.8. The monoisotopic (exact) mass is 511 g/mol. The highest BCUT2D eigenvalue weighted by Crippen LogP contribution is 2.36. The predicted octanol–water partition coefficient (Wildman–Crippen LogP) is 3.78. The van der Waals surface area contributed by atoms with Crippen LogP contribution in [0, 0.1) is 12.7 Å². The zero-order valence-electron chi connectivity index (χ0n) is 21.8. The van der Waals surface area contributed by atoms with Gasteiger partial charge in [-0.15, -0.1) is 0 Å². The third kappa shape index (κ3) is 6.44. The van der Waals surface area contributed by atoms with Gasteiger partial charge in [-0.2, -0.15) is 0 Å². The smallest absolute Gasteiger partial charge is 0.237 e. The van der Waals surface area contributed by atoms with Crippen LogP contribution in [0.1, 0.15) is 18.4 Å². The number of likely N-dealkylation sites (tertiary alicyclic amines) is 1. The highest BCUT2D eigenvalue weighted by Gasteiger charge is 2.30. The number of hydrogen-bond donors (Lipinski definition) is 1. The van der Waals surface area contributed by atoms with Crippen molar-refractivity contribution in [3.63, 3.8) is 0 Å². The molecule has 37 heavy (non-hydrogen) atoms. The van der Waals surface area contributed by atoms with Gasteiger partial charge in [0.25, 0.3) is 0 Å². The largest absolute Gasteiger partial charge is 0.497 e. The van der Waals surface area contributed by atoms with Gasteiger partial charge in [-0.3, -0.25) is 9.69 Å². The molecule has 3 aromatic rings. The third-order valence-corrected chi connectivity index (χ3v) is 6.54. The fourth-order valence-corrected chi connectivity index (χ4v) is 4.49. The van der Waals surface area contributed by atoms with Crippen molar-refractivity contribution in [3.8, 4) is 11.5 Å². The molecular formula is C27H34FN5O4. The van der Waals surface area contributed by atoms with Crippen LogP contribution < -0.4 is 14.8 Å². The van der Waals surface area contributed by atoms with E-state index in [-0.39, 0.29) is 17.8 Å². The lowest BCUT2D eigenvalue weighted by molar-refractivity contribution is -0.133. The number of amides is 1. The number of aromatic nitrogens is 2. The van der Waals surface area contributed by atoms with E-state index >= 15 is 0 Å². The van der Waals surface area contributed by atoms with Gasteiger partial charge in [-0.05, 0) is 50.6 Å². The number of likely N-dealkylation sites (N-methyl/N-ethyl adjacent to an activating group) is 1. The number of ether oxygens (including phenoxy) is 3. The molecule has 198 valence electrons. The second-order valence-electron chi connectivity index (χ2n) is 9.26. The molecule has 1 amide bonds. The van der Waals surface area contributed by atoms with E-state index < -0.39 is 0 Å². The van der Waals surface area contributed by atoms with Crippen LogP contribution in [0.15, 0.2) is 36.7 Å². The number of carbonyl (C=O) groups excluding carboxylic acids is 1. The minimum atomic E-state index is -0.271. The van der Waals surface area contributed by atoms with E-state index in [0.29, 0.717) is 72.3 Å². The second kappa shape index (κ2) is 12.2. The SMILES string of the molecule is COCCN(C)CC(=O)N1CCC[C@H]1COc1cc(OC)cc2ncnc(Nc3ccc(F)c(C)c3)c12. The van der Waals surface area contributed by atoms with E-state index in [4.69, 9.17) is 14.2 Å². The van der Waals surface area contributed by atoms with Crippen molar-refractivity contribution in [2.75, 3.05) is 59.4 Å². The molecule has 2 aromatic carbocycles. The summed E-state index contributed by atoms with van der Waals surface area (Å²) < 4.78 is 30.7. The van der Waals surface area contributed by atoms with Gasteiger partial charge < -0.3 is 24.4 Å². The number of anilines is 2. The summed E-state index contributed by atoms with van der Waals surface area (Å²) in [5.41, 5.74) is 1.87. The lowest BCUT2D eigenvalue weighted by atomic mass is 10.1. The molecule has 1 atom stereocenters. The molecule has 1 aromatic heterocycles.